The molecule has 0 radical (unpaired) electrons. The molecule has 2 heterocycles. The van der Waals surface area contributed by atoms with Crippen molar-refractivity contribution in [3.05, 3.63) is 33.3 Å². The van der Waals surface area contributed by atoms with Gasteiger partial charge in [-0.2, -0.15) is 0 Å². The van der Waals surface area contributed by atoms with Gasteiger partial charge in [0.25, 0.3) is 0 Å². The van der Waals surface area contributed by atoms with Crippen LogP contribution < -0.4 is 0 Å². The first-order valence-corrected chi connectivity index (χ1v) is 12.6. The van der Waals surface area contributed by atoms with Gasteiger partial charge in [-0.3, -0.25) is 9.59 Å². The number of thiazole rings is 1. The van der Waals surface area contributed by atoms with Crippen molar-refractivity contribution in [2.45, 2.75) is 79.6 Å². The lowest BCUT2D eigenvalue weighted by atomic mass is 9.73. The zero-order valence-electron chi connectivity index (χ0n) is 21.3. The van der Waals surface area contributed by atoms with Gasteiger partial charge < -0.3 is 19.7 Å². The third-order valence-corrected chi connectivity index (χ3v) is 7.31. The number of aliphatic hydroxyl groups excluding tert-OH is 2. The Morgan fingerprint density at radius 1 is 1.24 bits per heavy atom. The van der Waals surface area contributed by atoms with Crippen LogP contribution in [0, 0.1) is 24.2 Å². The summed E-state index contributed by atoms with van der Waals surface area (Å²) in [7, 11) is 0. The Bertz CT molecular complexity index is 918. The number of rotatable bonds is 2. The number of ketones is 1. The van der Waals surface area contributed by atoms with Crippen molar-refractivity contribution in [3.8, 4) is 0 Å². The number of ether oxygens (including phenoxy) is 2. The van der Waals surface area contributed by atoms with Crippen molar-refractivity contribution in [2.24, 2.45) is 17.3 Å². The van der Waals surface area contributed by atoms with E-state index in [-0.39, 0.29) is 18.1 Å². The topological polar surface area (TPSA) is 106 Å². The molecule has 0 fully saturated rings. The van der Waals surface area contributed by atoms with E-state index in [1.54, 1.807) is 32.1 Å². The molecule has 7 nitrogen and oxygen atoms in total. The Morgan fingerprint density at radius 3 is 2.53 bits per heavy atom. The molecule has 1 aromatic heterocycles. The third-order valence-electron chi connectivity index (χ3n) is 6.52. The molecule has 8 heteroatoms. The van der Waals surface area contributed by atoms with Crippen molar-refractivity contribution in [1.82, 2.24) is 4.98 Å². The Kier molecular flexibility index (Phi) is 10.2. The maximum absolute atomic E-state index is 13.1. The number of Topliss-reactive ketones (excluding diaryl/α,β-unsaturated/α-hetero) is 1. The van der Waals surface area contributed by atoms with Crippen molar-refractivity contribution in [1.29, 1.82) is 0 Å². The Balaban J connectivity index is 2.33. The molecule has 2 N–H and O–H groups in total. The van der Waals surface area contributed by atoms with Crippen LogP contribution in [0.15, 0.2) is 22.6 Å². The van der Waals surface area contributed by atoms with Crippen LogP contribution in [0.5, 0.6) is 0 Å². The molecular weight excluding hydrogens is 454 g/mol. The monoisotopic (exact) mass is 493 g/mol. The van der Waals surface area contributed by atoms with E-state index < -0.39 is 35.6 Å². The summed E-state index contributed by atoms with van der Waals surface area (Å²) < 4.78 is 11.5. The van der Waals surface area contributed by atoms with Crippen molar-refractivity contribution in [2.75, 3.05) is 13.2 Å². The lowest BCUT2D eigenvalue weighted by Crippen LogP contribution is -2.46. The molecule has 0 aliphatic carbocycles. The number of aryl methyl sites for hydroxylation is 1. The van der Waals surface area contributed by atoms with E-state index in [1.165, 1.54) is 0 Å². The van der Waals surface area contributed by atoms with Gasteiger partial charge in [-0.15, -0.1) is 11.3 Å². The molecule has 190 valence electrons. The Labute approximate surface area is 206 Å². The molecule has 0 spiro atoms. The number of hydrogen-bond acceptors (Lipinski definition) is 8. The van der Waals surface area contributed by atoms with Crippen LogP contribution >= 0.6 is 11.3 Å². The van der Waals surface area contributed by atoms with Crippen LogP contribution in [-0.4, -0.2) is 58.5 Å². The summed E-state index contributed by atoms with van der Waals surface area (Å²) in [5, 5.41) is 24.4. The van der Waals surface area contributed by atoms with Gasteiger partial charge in [-0.05, 0) is 32.4 Å². The second kappa shape index (κ2) is 12.2. The van der Waals surface area contributed by atoms with E-state index in [4.69, 9.17) is 9.47 Å². The van der Waals surface area contributed by atoms with Crippen LogP contribution in [0.4, 0.5) is 0 Å². The standard InChI is InChI=1S/C26H39NO6S/c1-15-8-9-21(16(2)10-20-14-34-19(5)27-20)33-23(29)11-22(28)26(6,7)25(31)18(4)24(30)17(3)13-32-12-15/h8,10,14,17-18,21-22,24,28,30H,9,11-13H2,1-7H3/b15-8-,16-10?. The zero-order chi connectivity index (χ0) is 25.6. The largest absolute Gasteiger partial charge is 0.457 e. The normalized spacial score (nSPS) is 32.1. The first-order chi connectivity index (χ1) is 15.8. The van der Waals surface area contributed by atoms with E-state index in [9.17, 15) is 19.8 Å². The summed E-state index contributed by atoms with van der Waals surface area (Å²) in [5.41, 5.74) is 1.38. The molecule has 34 heavy (non-hydrogen) atoms. The van der Waals surface area contributed by atoms with E-state index in [0.717, 1.165) is 21.8 Å². The van der Waals surface area contributed by atoms with Crippen molar-refractivity contribution in [3.63, 3.8) is 0 Å². The van der Waals surface area contributed by atoms with E-state index >= 15 is 0 Å². The molecule has 1 aliphatic rings. The van der Waals surface area contributed by atoms with E-state index in [2.05, 4.69) is 4.98 Å². The highest BCUT2D eigenvalue weighted by atomic mass is 32.1. The highest BCUT2D eigenvalue weighted by Crippen LogP contribution is 2.31. The number of hydrogen-bond donors (Lipinski definition) is 2. The fourth-order valence-electron chi connectivity index (χ4n) is 3.99. The predicted molar refractivity (Wildman–Crippen MR) is 133 cm³/mol. The summed E-state index contributed by atoms with van der Waals surface area (Å²) in [4.78, 5) is 30.4. The Hall–Kier alpha value is -1.87. The number of esters is 1. The fraction of sp³-hybridized carbons (Fsp3) is 0.654. The average Bonchev–Trinajstić information content (AvgIpc) is 3.18. The van der Waals surface area contributed by atoms with Gasteiger partial charge in [0.05, 0.1) is 48.0 Å². The smallest absolute Gasteiger partial charge is 0.309 e. The van der Waals surface area contributed by atoms with Crippen LogP contribution in [0.1, 0.15) is 65.1 Å². The number of cyclic esters (lactones) is 1. The van der Waals surface area contributed by atoms with Crippen molar-refractivity contribution < 1.29 is 29.3 Å². The summed E-state index contributed by atoms with van der Waals surface area (Å²) >= 11 is 1.55. The Morgan fingerprint density at radius 2 is 1.91 bits per heavy atom. The third kappa shape index (κ3) is 7.57. The van der Waals surface area contributed by atoms with Gasteiger partial charge in [0, 0.05) is 23.6 Å². The highest BCUT2D eigenvalue weighted by Gasteiger charge is 2.42. The zero-order valence-corrected chi connectivity index (χ0v) is 22.1. The van der Waals surface area contributed by atoms with Gasteiger partial charge in [0.15, 0.2) is 0 Å². The van der Waals surface area contributed by atoms with Gasteiger partial charge in [0.1, 0.15) is 11.9 Å². The summed E-state index contributed by atoms with van der Waals surface area (Å²) in [5.74, 6) is -1.88. The second-order valence-corrected chi connectivity index (χ2v) is 11.1. The number of aromatic nitrogens is 1. The average molecular weight is 494 g/mol. The summed E-state index contributed by atoms with van der Waals surface area (Å²) in [6.07, 6.45) is 1.29. The van der Waals surface area contributed by atoms with E-state index in [0.29, 0.717) is 19.6 Å². The molecule has 1 aromatic rings. The number of nitrogens with zero attached hydrogens (tertiary/aromatic N) is 1. The number of carbonyl (C=O) groups excluding carboxylic acids is 2. The minimum absolute atomic E-state index is 0.267. The van der Waals surface area contributed by atoms with Gasteiger partial charge in [0.2, 0.25) is 0 Å². The summed E-state index contributed by atoms with van der Waals surface area (Å²) in [6.45, 7) is 13.1. The first-order valence-electron chi connectivity index (χ1n) is 11.8. The fourth-order valence-corrected chi connectivity index (χ4v) is 4.56. The molecule has 0 saturated heterocycles. The molecule has 0 saturated carbocycles. The molecule has 0 aromatic carbocycles. The molecular formula is C26H39NO6S. The first kappa shape index (κ1) is 28.4. The van der Waals surface area contributed by atoms with Gasteiger partial charge in [-0.1, -0.05) is 39.3 Å². The molecule has 0 bridgehead atoms. The maximum Gasteiger partial charge on any atom is 0.309 e. The molecule has 0 amide bonds. The van der Waals surface area contributed by atoms with Gasteiger partial charge >= 0.3 is 5.97 Å². The highest BCUT2D eigenvalue weighted by molar-refractivity contribution is 7.09. The lowest BCUT2D eigenvalue weighted by molar-refractivity contribution is -0.154. The summed E-state index contributed by atoms with van der Waals surface area (Å²) in [6, 6.07) is 0. The predicted octanol–water partition coefficient (Wildman–Crippen LogP) is 4.11. The van der Waals surface area contributed by atoms with Crippen LogP contribution in [0.25, 0.3) is 6.08 Å². The minimum atomic E-state index is -1.25. The van der Waals surface area contributed by atoms with E-state index in [1.807, 2.05) is 45.2 Å². The van der Waals surface area contributed by atoms with Crippen LogP contribution in [0.3, 0.4) is 0 Å². The maximum atomic E-state index is 13.1. The molecule has 5 unspecified atom stereocenters. The SMILES string of the molecule is CC(=Cc1csc(C)n1)C1C/C=C(/C)COCC(C)C(O)C(C)C(=O)C(C)(C)C(O)CC(=O)O1. The molecule has 2 rings (SSSR count). The number of carbonyl (C=O) groups is 2. The quantitative estimate of drug-likeness (QED) is 0.472. The van der Waals surface area contributed by atoms with Crippen molar-refractivity contribution >= 4 is 29.2 Å². The lowest BCUT2D eigenvalue weighted by Gasteiger charge is -2.34. The minimum Gasteiger partial charge on any atom is -0.457 e. The van der Waals surface area contributed by atoms with Crippen LogP contribution in [0.2, 0.25) is 0 Å². The second-order valence-electron chi connectivity index (χ2n) is 10.0. The molecule has 5 atom stereocenters. The van der Waals surface area contributed by atoms with Crippen LogP contribution in [-0.2, 0) is 19.1 Å². The molecule has 1 aliphatic heterocycles. The van der Waals surface area contributed by atoms with Gasteiger partial charge in [-0.25, -0.2) is 4.98 Å². The number of aliphatic hydroxyl groups is 2.